The van der Waals surface area contributed by atoms with Crippen LogP contribution in [0.1, 0.15) is 31.6 Å². The van der Waals surface area contributed by atoms with Crippen LogP contribution in [0.2, 0.25) is 0 Å². The number of aromatic nitrogens is 3. The minimum absolute atomic E-state index is 0.0346. The van der Waals surface area contributed by atoms with Gasteiger partial charge in [-0.3, -0.25) is 0 Å². The summed E-state index contributed by atoms with van der Waals surface area (Å²) < 4.78 is 6.80. The third kappa shape index (κ3) is 2.78. The molecule has 1 rings (SSSR count). The minimum atomic E-state index is -0.0346. The average Bonchev–Trinajstić information content (AvgIpc) is 2.65. The summed E-state index contributed by atoms with van der Waals surface area (Å²) in [6.45, 7) is 3.58. The van der Waals surface area contributed by atoms with Gasteiger partial charge in [-0.2, -0.15) is 5.10 Å². The molecule has 0 aromatic carbocycles. The molecule has 80 valence electrons. The Kier molecular flexibility index (Phi) is 4.55. The van der Waals surface area contributed by atoms with Crippen LogP contribution < -0.4 is 5.73 Å². The quantitative estimate of drug-likeness (QED) is 0.684. The maximum atomic E-state index is 5.98. The minimum Gasteiger partial charge on any atom is -0.385 e. The number of methoxy groups -OCH3 is 1. The molecule has 0 amide bonds. The van der Waals surface area contributed by atoms with Gasteiger partial charge >= 0.3 is 0 Å². The summed E-state index contributed by atoms with van der Waals surface area (Å²) in [7, 11) is 1.69. The molecule has 1 atom stereocenters. The van der Waals surface area contributed by atoms with Crippen molar-refractivity contribution < 1.29 is 4.74 Å². The van der Waals surface area contributed by atoms with Crippen molar-refractivity contribution in [3.05, 3.63) is 12.2 Å². The van der Waals surface area contributed by atoms with Crippen LogP contribution in [0.5, 0.6) is 0 Å². The highest BCUT2D eigenvalue weighted by atomic mass is 16.5. The fourth-order valence-corrected chi connectivity index (χ4v) is 1.38. The van der Waals surface area contributed by atoms with Gasteiger partial charge in [-0.15, -0.1) is 0 Å². The molecule has 2 N–H and O–H groups in total. The first-order valence-electron chi connectivity index (χ1n) is 4.91. The van der Waals surface area contributed by atoms with Crippen LogP contribution in [0.15, 0.2) is 6.33 Å². The number of hydrogen-bond acceptors (Lipinski definition) is 4. The van der Waals surface area contributed by atoms with Gasteiger partial charge in [0.25, 0.3) is 0 Å². The molecular formula is C9H18N4O. The maximum absolute atomic E-state index is 5.98. The molecule has 0 aliphatic heterocycles. The molecule has 5 heteroatoms. The number of nitrogens with zero attached hydrogens (tertiary/aromatic N) is 3. The molecule has 1 unspecified atom stereocenters. The van der Waals surface area contributed by atoms with Gasteiger partial charge in [-0.25, -0.2) is 9.67 Å². The van der Waals surface area contributed by atoms with Crippen LogP contribution in [0.25, 0.3) is 0 Å². The molecule has 0 spiro atoms. The summed E-state index contributed by atoms with van der Waals surface area (Å²) in [5, 5.41) is 4.08. The van der Waals surface area contributed by atoms with Crippen molar-refractivity contribution in [1.29, 1.82) is 0 Å². The topological polar surface area (TPSA) is 66.0 Å². The van der Waals surface area contributed by atoms with Crippen molar-refractivity contribution in [2.45, 2.75) is 32.4 Å². The van der Waals surface area contributed by atoms with Gasteiger partial charge in [-0.1, -0.05) is 0 Å². The van der Waals surface area contributed by atoms with E-state index in [1.807, 2.05) is 11.6 Å². The van der Waals surface area contributed by atoms with Gasteiger partial charge in [0.15, 0.2) is 0 Å². The van der Waals surface area contributed by atoms with Crippen LogP contribution >= 0.6 is 0 Å². The summed E-state index contributed by atoms with van der Waals surface area (Å²) in [4.78, 5) is 4.15. The number of hydrogen-bond donors (Lipinski definition) is 1. The predicted octanol–water partition coefficient (Wildman–Crippen LogP) is 0.724. The van der Waals surface area contributed by atoms with E-state index in [0.717, 1.165) is 31.8 Å². The molecule has 0 aliphatic carbocycles. The summed E-state index contributed by atoms with van der Waals surface area (Å²) in [5.41, 5.74) is 5.98. The first-order valence-corrected chi connectivity index (χ1v) is 4.91. The lowest BCUT2D eigenvalue weighted by Crippen LogP contribution is -2.17. The van der Waals surface area contributed by atoms with Gasteiger partial charge in [0.05, 0.1) is 6.04 Å². The van der Waals surface area contributed by atoms with E-state index < -0.39 is 0 Å². The number of nitrogens with two attached hydrogens (primary N) is 1. The molecule has 0 fully saturated rings. The van der Waals surface area contributed by atoms with E-state index in [1.54, 1.807) is 13.4 Å². The zero-order chi connectivity index (χ0) is 10.4. The van der Waals surface area contributed by atoms with E-state index in [2.05, 4.69) is 10.1 Å². The van der Waals surface area contributed by atoms with Crippen molar-refractivity contribution in [2.24, 2.45) is 5.73 Å². The number of ether oxygens (including phenoxy) is 1. The standard InChI is InChI=1S/C9H18N4O/c1-3-13-9(11-7-12-13)8(10)5-4-6-14-2/h7-8H,3-6,10H2,1-2H3. The highest BCUT2D eigenvalue weighted by Gasteiger charge is 2.11. The smallest absolute Gasteiger partial charge is 0.143 e. The first-order chi connectivity index (χ1) is 6.79. The van der Waals surface area contributed by atoms with E-state index in [0.29, 0.717) is 0 Å². The molecule has 14 heavy (non-hydrogen) atoms. The fraction of sp³-hybridized carbons (Fsp3) is 0.778. The Morgan fingerprint density at radius 2 is 2.43 bits per heavy atom. The Bertz CT molecular complexity index is 261. The zero-order valence-electron chi connectivity index (χ0n) is 8.81. The van der Waals surface area contributed by atoms with Crippen LogP contribution in [0.3, 0.4) is 0 Å². The Balaban J connectivity index is 2.47. The summed E-state index contributed by atoms with van der Waals surface area (Å²) in [6, 6.07) is -0.0346. The molecule has 0 bridgehead atoms. The van der Waals surface area contributed by atoms with Crippen molar-refractivity contribution in [2.75, 3.05) is 13.7 Å². The van der Waals surface area contributed by atoms with Crippen LogP contribution in [-0.4, -0.2) is 28.5 Å². The maximum Gasteiger partial charge on any atom is 0.143 e. The molecule has 0 radical (unpaired) electrons. The monoisotopic (exact) mass is 198 g/mol. The number of rotatable bonds is 6. The van der Waals surface area contributed by atoms with Crippen LogP contribution in [0, 0.1) is 0 Å². The fourth-order valence-electron chi connectivity index (χ4n) is 1.38. The zero-order valence-corrected chi connectivity index (χ0v) is 8.81. The highest BCUT2D eigenvalue weighted by Crippen LogP contribution is 2.12. The normalized spacial score (nSPS) is 13.1. The van der Waals surface area contributed by atoms with Gasteiger partial charge < -0.3 is 10.5 Å². The van der Waals surface area contributed by atoms with Gasteiger partial charge in [0.1, 0.15) is 12.2 Å². The second kappa shape index (κ2) is 5.72. The lowest BCUT2D eigenvalue weighted by molar-refractivity contribution is 0.190. The van der Waals surface area contributed by atoms with Gasteiger partial charge in [0.2, 0.25) is 0 Å². The molecular weight excluding hydrogens is 180 g/mol. The van der Waals surface area contributed by atoms with Gasteiger partial charge in [-0.05, 0) is 19.8 Å². The van der Waals surface area contributed by atoms with Crippen LogP contribution in [-0.2, 0) is 11.3 Å². The molecule has 0 aliphatic rings. The summed E-state index contributed by atoms with van der Waals surface area (Å²) >= 11 is 0. The molecule has 0 saturated heterocycles. The molecule has 1 aromatic heterocycles. The number of aryl methyl sites for hydroxylation is 1. The summed E-state index contributed by atoms with van der Waals surface area (Å²) in [6.07, 6.45) is 3.38. The van der Waals surface area contributed by atoms with Crippen molar-refractivity contribution in [1.82, 2.24) is 14.8 Å². The van der Waals surface area contributed by atoms with Crippen molar-refractivity contribution >= 4 is 0 Å². The van der Waals surface area contributed by atoms with Crippen molar-refractivity contribution in [3.63, 3.8) is 0 Å². The van der Waals surface area contributed by atoms with Crippen LogP contribution in [0.4, 0.5) is 0 Å². The highest BCUT2D eigenvalue weighted by molar-refractivity contribution is 4.92. The van der Waals surface area contributed by atoms with E-state index in [9.17, 15) is 0 Å². The van der Waals surface area contributed by atoms with E-state index in [4.69, 9.17) is 10.5 Å². The predicted molar refractivity (Wildman–Crippen MR) is 53.7 cm³/mol. The third-order valence-electron chi connectivity index (χ3n) is 2.14. The second-order valence-electron chi connectivity index (χ2n) is 3.18. The van der Waals surface area contributed by atoms with Crippen molar-refractivity contribution in [3.8, 4) is 0 Å². The molecule has 0 saturated carbocycles. The molecule has 1 heterocycles. The largest absolute Gasteiger partial charge is 0.385 e. The van der Waals surface area contributed by atoms with E-state index in [-0.39, 0.29) is 6.04 Å². The Morgan fingerprint density at radius 3 is 3.07 bits per heavy atom. The van der Waals surface area contributed by atoms with E-state index in [1.165, 1.54) is 0 Å². The molecule has 5 nitrogen and oxygen atoms in total. The SMILES string of the molecule is CCn1ncnc1C(N)CCCOC. The lowest BCUT2D eigenvalue weighted by Gasteiger charge is -2.10. The van der Waals surface area contributed by atoms with Gasteiger partial charge in [0, 0.05) is 20.3 Å². The summed E-state index contributed by atoms with van der Waals surface area (Å²) in [5.74, 6) is 0.864. The first kappa shape index (κ1) is 11.1. The Hall–Kier alpha value is -0.940. The lowest BCUT2D eigenvalue weighted by atomic mass is 10.1. The Morgan fingerprint density at radius 1 is 1.64 bits per heavy atom. The Labute approximate surface area is 84.3 Å². The third-order valence-corrected chi connectivity index (χ3v) is 2.14. The average molecular weight is 198 g/mol. The molecule has 1 aromatic rings. The second-order valence-corrected chi connectivity index (χ2v) is 3.18. The van der Waals surface area contributed by atoms with E-state index >= 15 is 0 Å².